The summed E-state index contributed by atoms with van der Waals surface area (Å²) in [6, 6.07) is 10.4. The molecule has 0 spiro atoms. The smallest absolute Gasteiger partial charge is 0.325 e. The first-order chi connectivity index (χ1) is 15.4. The number of hydrogen-bond acceptors (Lipinski definition) is 7. The van der Waals surface area contributed by atoms with Gasteiger partial charge in [-0.25, -0.2) is 19.2 Å². The summed E-state index contributed by atoms with van der Waals surface area (Å²) in [7, 11) is 0. The maximum atomic E-state index is 13.0. The number of benzene rings is 2. The number of hydrogen-bond donors (Lipinski definition) is 3. The summed E-state index contributed by atoms with van der Waals surface area (Å²) in [4.78, 5) is 33.9. The first-order valence-corrected chi connectivity index (χ1v) is 11.2. The van der Waals surface area contributed by atoms with Crippen molar-refractivity contribution < 1.29 is 18.7 Å². The Kier molecular flexibility index (Phi) is 6.28. The number of thiazole rings is 2. The van der Waals surface area contributed by atoms with Crippen LogP contribution in [0, 0.1) is 12.7 Å². The Balaban J connectivity index is 1.42. The zero-order chi connectivity index (χ0) is 22.7. The molecule has 0 saturated carbocycles. The first kappa shape index (κ1) is 21.7. The van der Waals surface area contributed by atoms with E-state index < -0.39 is 11.8 Å². The third-order valence-corrected chi connectivity index (χ3v) is 6.22. The number of halogens is 1. The van der Waals surface area contributed by atoms with Crippen LogP contribution in [0.2, 0.25) is 0 Å². The molecule has 8 nitrogen and oxygen atoms in total. The topological polar surface area (TPSA) is 105 Å². The van der Waals surface area contributed by atoms with E-state index in [9.17, 15) is 14.0 Å². The van der Waals surface area contributed by atoms with Gasteiger partial charge in [-0.15, -0.1) is 0 Å². The van der Waals surface area contributed by atoms with Crippen LogP contribution in [0.1, 0.15) is 22.3 Å². The number of carbonyl (C=O) groups excluding carboxylic acids is 2. The van der Waals surface area contributed by atoms with Gasteiger partial charge in [-0.3, -0.25) is 15.4 Å². The molecule has 3 amide bonds. The predicted molar refractivity (Wildman–Crippen MR) is 125 cm³/mol. The highest BCUT2D eigenvalue weighted by Gasteiger charge is 2.18. The molecule has 3 N–H and O–H groups in total. The molecule has 0 aliphatic rings. The van der Waals surface area contributed by atoms with Crippen molar-refractivity contribution in [3.63, 3.8) is 0 Å². The number of carbonyl (C=O) groups is 2. The van der Waals surface area contributed by atoms with E-state index in [0.717, 1.165) is 27.3 Å². The van der Waals surface area contributed by atoms with Crippen molar-refractivity contribution in [2.24, 2.45) is 0 Å². The second-order valence-corrected chi connectivity index (χ2v) is 8.58. The molecule has 4 aromatic rings. The minimum atomic E-state index is -0.548. The number of fused-ring (bicyclic) bond motifs is 1. The van der Waals surface area contributed by atoms with Crippen molar-refractivity contribution in [1.82, 2.24) is 9.97 Å². The van der Waals surface area contributed by atoms with E-state index in [-0.39, 0.29) is 11.0 Å². The van der Waals surface area contributed by atoms with Crippen LogP contribution < -0.4 is 20.7 Å². The van der Waals surface area contributed by atoms with Crippen LogP contribution >= 0.6 is 22.7 Å². The number of nitrogens with zero attached hydrogens (tertiary/aromatic N) is 2. The van der Waals surface area contributed by atoms with Gasteiger partial charge in [0.15, 0.2) is 10.3 Å². The lowest BCUT2D eigenvalue weighted by Gasteiger charge is -2.04. The van der Waals surface area contributed by atoms with E-state index in [0.29, 0.717) is 28.0 Å². The highest BCUT2D eigenvalue weighted by molar-refractivity contribution is 7.22. The van der Waals surface area contributed by atoms with E-state index in [2.05, 4.69) is 25.9 Å². The third kappa shape index (κ3) is 5.01. The lowest BCUT2D eigenvalue weighted by Crippen LogP contribution is -2.19. The van der Waals surface area contributed by atoms with Crippen LogP contribution in [-0.4, -0.2) is 28.5 Å². The Hall–Kier alpha value is -3.57. The molecule has 2 heterocycles. The molecule has 2 aromatic heterocycles. The van der Waals surface area contributed by atoms with Gasteiger partial charge in [0.05, 0.1) is 22.5 Å². The van der Waals surface area contributed by atoms with Crippen molar-refractivity contribution in [3.8, 4) is 5.75 Å². The van der Waals surface area contributed by atoms with Crippen molar-refractivity contribution in [2.75, 3.05) is 22.6 Å². The molecule has 0 bridgehead atoms. The number of nitrogens with one attached hydrogen (secondary N) is 3. The lowest BCUT2D eigenvalue weighted by atomic mass is 10.3. The van der Waals surface area contributed by atoms with Crippen LogP contribution in [0.25, 0.3) is 10.2 Å². The predicted octanol–water partition coefficient (Wildman–Crippen LogP) is 5.50. The van der Waals surface area contributed by atoms with Gasteiger partial charge in [-0.2, -0.15) is 0 Å². The molecule has 4 rings (SSSR count). The number of ether oxygens (including phenoxy) is 1. The molecule has 32 heavy (non-hydrogen) atoms. The minimum Gasteiger partial charge on any atom is -0.494 e. The molecule has 0 aliphatic heterocycles. The molecule has 0 fully saturated rings. The number of urea groups is 1. The maximum absolute atomic E-state index is 13.0. The zero-order valence-corrected chi connectivity index (χ0v) is 18.7. The van der Waals surface area contributed by atoms with Crippen LogP contribution in [-0.2, 0) is 0 Å². The summed E-state index contributed by atoms with van der Waals surface area (Å²) in [6.07, 6.45) is 0. The molecular formula is C21H18FN5O3S2. The zero-order valence-electron chi connectivity index (χ0n) is 17.1. The fourth-order valence-corrected chi connectivity index (χ4v) is 4.57. The lowest BCUT2D eigenvalue weighted by molar-refractivity contribution is 0.103. The summed E-state index contributed by atoms with van der Waals surface area (Å²) in [5, 5.41) is 8.66. The number of anilines is 3. The molecule has 0 atom stereocenters. The number of aromatic nitrogens is 2. The van der Waals surface area contributed by atoms with Crippen molar-refractivity contribution in [1.29, 1.82) is 0 Å². The minimum absolute atomic E-state index is 0.262. The van der Waals surface area contributed by atoms with Gasteiger partial charge in [0, 0.05) is 5.69 Å². The fourth-order valence-electron chi connectivity index (χ4n) is 2.82. The van der Waals surface area contributed by atoms with Crippen molar-refractivity contribution in [3.05, 3.63) is 58.9 Å². The molecule has 0 radical (unpaired) electrons. The van der Waals surface area contributed by atoms with Crippen LogP contribution in [0.15, 0.2) is 42.5 Å². The Morgan fingerprint density at radius 3 is 2.50 bits per heavy atom. The fraction of sp³-hybridized carbons (Fsp3) is 0.143. The average molecular weight is 472 g/mol. The van der Waals surface area contributed by atoms with E-state index in [1.165, 1.54) is 35.6 Å². The quantitative estimate of drug-likeness (QED) is 0.345. The summed E-state index contributed by atoms with van der Waals surface area (Å²) in [5.74, 6) is -0.0180. The molecule has 0 saturated heterocycles. The molecule has 0 unspecified atom stereocenters. The summed E-state index contributed by atoms with van der Waals surface area (Å²) < 4.78 is 19.4. The SMILES string of the molecule is CCOc1ccc2nc(NC(=O)c3sc(NC(=O)Nc4ccc(F)cc4)nc3C)sc2c1. The van der Waals surface area contributed by atoms with Gasteiger partial charge in [-0.05, 0) is 56.3 Å². The van der Waals surface area contributed by atoms with Crippen LogP contribution in [0.3, 0.4) is 0 Å². The Morgan fingerprint density at radius 1 is 1.00 bits per heavy atom. The van der Waals surface area contributed by atoms with Gasteiger partial charge in [0.1, 0.15) is 16.4 Å². The summed E-state index contributed by atoms with van der Waals surface area (Å²) in [6.45, 7) is 4.16. The first-order valence-electron chi connectivity index (χ1n) is 9.57. The van der Waals surface area contributed by atoms with Crippen LogP contribution in [0.4, 0.5) is 25.1 Å². The van der Waals surface area contributed by atoms with Gasteiger partial charge in [0.25, 0.3) is 5.91 Å². The molecule has 0 aliphatic carbocycles. The highest BCUT2D eigenvalue weighted by atomic mass is 32.1. The van der Waals surface area contributed by atoms with Gasteiger partial charge < -0.3 is 10.1 Å². The Labute approximate surface area is 190 Å². The molecule has 164 valence electrons. The van der Waals surface area contributed by atoms with Crippen LogP contribution in [0.5, 0.6) is 5.75 Å². The normalized spacial score (nSPS) is 10.7. The number of aryl methyl sites for hydroxylation is 1. The number of amides is 3. The highest BCUT2D eigenvalue weighted by Crippen LogP contribution is 2.30. The Bertz CT molecular complexity index is 1290. The summed E-state index contributed by atoms with van der Waals surface area (Å²) >= 11 is 2.39. The van der Waals surface area contributed by atoms with Crippen molar-refractivity contribution >= 4 is 60.8 Å². The van der Waals surface area contributed by atoms with Crippen molar-refractivity contribution in [2.45, 2.75) is 13.8 Å². The second-order valence-electron chi connectivity index (χ2n) is 6.56. The largest absolute Gasteiger partial charge is 0.494 e. The van der Waals surface area contributed by atoms with Gasteiger partial charge in [-0.1, -0.05) is 22.7 Å². The van der Waals surface area contributed by atoms with E-state index in [1.54, 1.807) is 6.92 Å². The molecule has 2 aromatic carbocycles. The standard InChI is InChI=1S/C21H18FN5O3S2/c1-3-30-14-8-9-15-16(10-14)31-21(25-15)26-18(28)17-11(2)23-20(32-17)27-19(29)24-13-6-4-12(22)5-7-13/h4-10H,3H2,1-2H3,(H,25,26,28)(H2,23,24,27,29). The molecule has 11 heteroatoms. The Morgan fingerprint density at radius 2 is 1.75 bits per heavy atom. The van der Waals surface area contributed by atoms with Gasteiger partial charge >= 0.3 is 6.03 Å². The monoisotopic (exact) mass is 471 g/mol. The van der Waals surface area contributed by atoms with E-state index >= 15 is 0 Å². The van der Waals surface area contributed by atoms with Gasteiger partial charge in [0.2, 0.25) is 0 Å². The average Bonchev–Trinajstić information content (AvgIpc) is 3.31. The maximum Gasteiger partial charge on any atom is 0.325 e. The number of rotatable bonds is 6. The van der Waals surface area contributed by atoms with E-state index in [1.807, 2.05) is 25.1 Å². The summed E-state index contributed by atoms with van der Waals surface area (Å²) in [5.41, 5.74) is 1.66. The second kappa shape index (κ2) is 9.28. The van der Waals surface area contributed by atoms with E-state index in [4.69, 9.17) is 4.74 Å². The third-order valence-electron chi connectivity index (χ3n) is 4.22. The molecular weight excluding hydrogens is 453 g/mol.